The summed E-state index contributed by atoms with van der Waals surface area (Å²) in [4.78, 5) is 25.7. The number of fused-ring (bicyclic) bond motifs is 1. The number of halogens is 1. The zero-order chi connectivity index (χ0) is 14.3. The largest absolute Gasteiger partial charge is 0.417 e. The highest BCUT2D eigenvalue weighted by Gasteiger charge is 2.13. The first-order valence-corrected chi connectivity index (χ1v) is 5.77. The van der Waals surface area contributed by atoms with Crippen LogP contribution in [0.4, 0.5) is 10.1 Å². The highest BCUT2D eigenvalue weighted by atomic mass is 19.1. The summed E-state index contributed by atoms with van der Waals surface area (Å²) in [5.41, 5.74) is 6.59. The molecule has 0 aliphatic rings. The van der Waals surface area contributed by atoms with E-state index in [2.05, 4.69) is 4.98 Å². The molecule has 1 aromatic heterocycles. The normalized spacial score (nSPS) is 10.8. The van der Waals surface area contributed by atoms with Gasteiger partial charge in [0.1, 0.15) is 5.82 Å². The van der Waals surface area contributed by atoms with E-state index in [-0.39, 0.29) is 22.6 Å². The molecule has 3 N–H and O–H groups in total. The van der Waals surface area contributed by atoms with Crippen LogP contribution >= 0.6 is 0 Å². The van der Waals surface area contributed by atoms with Crippen molar-refractivity contribution >= 4 is 22.6 Å². The van der Waals surface area contributed by atoms with Gasteiger partial charge < -0.3 is 10.2 Å². The van der Waals surface area contributed by atoms with Gasteiger partial charge in [0.15, 0.2) is 11.4 Å². The number of carbonyl (C=O) groups excluding carboxylic acids is 1. The molecule has 3 rings (SSSR count). The standard InChI is InChI=1S/C14H9FN2O3/c15-9-5-7(1-3-10(9)16)13(18)8-2-4-11-12(6-8)20-14(19)17-11/h1-6H,16H2,(H,17,19). The Bertz CT molecular complexity index is 880. The summed E-state index contributed by atoms with van der Waals surface area (Å²) in [6.45, 7) is 0. The molecule has 1 heterocycles. The van der Waals surface area contributed by atoms with Gasteiger partial charge in [-0.05, 0) is 36.4 Å². The second kappa shape index (κ2) is 4.34. The average Bonchev–Trinajstić information content (AvgIpc) is 2.80. The third kappa shape index (κ3) is 1.97. The molecule has 0 aliphatic heterocycles. The van der Waals surface area contributed by atoms with Crippen molar-refractivity contribution in [2.45, 2.75) is 0 Å². The highest BCUT2D eigenvalue weighted by Crippen LogP contribution is 2.18. The van der Waals surface area contributed by atoms with Crippen LogP contribution in [0.1, 0.15) is 15.9 Å². The maximum absolute atomic E-state index is 13.4. The SMILES string of the molecule is Nc1ccc(C(=O)c2ccc3[nH]c(=O)oc3c2)cc1F. The summed E-state index contributed by atoms with van der Waals surface area (Å²) in [5.74, 6) is -1.62. The molecule has 5 nitrogen and oxygen atoms in total. The molecule has 0 saturated carbocycles. The molecule has 3 aromatic rings. The number of hydrogen-bond acceptors (Lipinski definition) is 4. The van der Waals surface area contributed by atoms with Gasteiger partial charge >= 0.3 is 5.76 Å². The average molecular weight is 272 g/mol. The minimum atomic E-state index is -0.648. The molecular formula is C14H9FN2O3. The van der Waals surface area contributed by atoms with E-state index in [0.717, 1.165) is 6.07 Å². The molecular weight excluding hydrogens is 263 g/mol. The lowest BCUT2D eigenvalue weighted by Crippen LogP contribution is -2.02. The van der Waals surface area contributed by atoms with Crippen LogP contribution in [0, 0.1) is 5.82 Å². The second-order valence-electron chi connectivity index (χ2n) is 4.29. The molecule has 0 bridgehead atoms. The van der Waals surface area contributed by atoms with Crippen molar-refractivity contribution in [2.24, 2.45) is 0 Å². The van der Waals surface area contributed by atoms with Crippen molar-refractivity contribution in [1.29, 1.82) is 0 Å². The number of H-pyrrole nitrogens is 1. The van der Waals surface area contributed by atoms with Gasteiger partial charge in [0.25, 0.3) is 0 Å². The van der Waals surface area contributed by atoms with Crippen LogP contribution in [0.5, 0.6) is 0 Å². The number of ketones is 1. The Kier molecular flexibility index (Phi) is 2.64. The smallest absolute Gasteiger partial charge is 0.408 e. The summed E-state index contributed by atoms with van der Waals surface area (Å²) in [6.07, 6.45) is 0. The van der Waals surface area contributed by atoms with Gasteiger partial charge in [-0.25, -0.2) is 9.18 Å². The number of nitrogens with two attached hydrogens (primary N) is 1. The van der Waals surface area contributed by atoms with Crippen LogP contribution in [0.3, 0.4) is 0 Å². The molecule has 0 saturated heterocycles. The first-order chi connectivity index (χ1) is 9.54. The van der Waals surface area contributed by atoms with E-state index < -0.39 is 11.6 Å². The van der Waals surface area contributed by atoms with Crippen molar-refractivity contribution in [3.8, 4) is 0 Å². The fourth-order valence-corrected chi connectivity index (χ4v) is 1.92. The maximum atomic E-state index is 13.4. The van der Waals surface area contributed by atoms with Crippen LogP contribution in [0.25, 0.3) is 11.1 Å². The lowest BCUT2D eigenvalue weighted by Gasteiger charge is -2.03. The van der Waals surface area contributed by atoms with Crippen molar-refractivity contribution in [3.05, 3.63) is 63.9 Å². The van der Waals surface area contributed by atoms with Gasteiger partial charge in [-0.2, -0.15) is 0 Å². The molecule has 0 unspecified atom stereocenters. The van der Waals surface area contributed by atoms with Gasteiger partial charge in [-0.1, -0.05) is 0 Å². The minimum Gasteiger partial charge on any atom is -0.408 e. The van der Waals surface area contributed by atoms with Crippen molar-refractivity contribution < 1.29 is 13.6 Å². The van der Waals surface area contributed by atoms with Crippen LogP contribution in [-0.4, -0.2) is 10.8 Å². The minimum absolute atomic E-state index is 0.0198. The summed E-state index contributed by atoms with van der Waals surface area (Å²) >= 11 is 0. The lowest BCUT2D eigenvalue weighted by atomic mass is 10.0. The number of nitrogen functional groups attached to an aromatic ring is 1. The zero-order valence-corrected chi connectivity index (χ0v) is 10.1. The molecule has 0 spiro atoms. The second-order valence-corrected chi connectivity index (χ2v) is 4.29. The fourth-order valence-electron chi connectivity index (χ4n) is 1.92. The molecule has 6 heteroatoms. The maximum Gasteiger partial charge on any atom is 0.417 e. The summed E-state index contributed by atoms with van der Waals surface area (Å²) in [7, 11) is 0. The molecule has 0 atom stereocenters. The topological polar surface area (TPSA) is 89.1 Å². The monoisotopic (exact) mass is 272 g/mol. The third-order valence-corrected chi connectivity index (χ3v) is 2.95. The lowest BCUT2D eigenvalue weighted by molar-refractivity contribution is 0.103. The Morgan fingerprint density at radius 3 is 2.60 bits per heavy atom. The van der Waals surface area contributed by atoms with E-state index in [1.165, 1.54) is 24.3 Å². The zero-order valence-electron chi connectivity index (χ0n) is 10.1. The van der Waals surface area contributed by atoms with Gasteiger partial charge in [0.05, 0.1) is 11.2 Å². The van der Waals surface area contributed by atoms with Crippen LogP contribution in [-0.2, 0) is 0 Å². The number of aromatic nitrogens is 1. The summed E-state index contributed by atoms with van der Waals surface area (Å²) in [6, 6.07) is 8.38. The molecule has 0 aliphatic carbocycles. The summed E-state index contributed by atoms with van der Waals surface area (Å²) < 4.78 is 18.2. The van der Waals surface area contributed by atoms with Gasteiger partial charge in [-0.3, -0.25) is 9.78 Å². The Labute approximate surface area is 111 Å². The van der Waals surface area contributed by atoms with Crippen molar-refractivity contribution in [2.75, 3.05) is 5.73 Å². The van der Waals surface area contributed by atoms with E-state index in [0.29, 0.717) is 11.1 Å². The number of aromatic amines is 1. The molecule has 20 heavy (non-hydrogen) atoms. The number of anilines is 1. The number of rotatable bonds is 2. The molecule has 0 radical (unpaired) electrons. The summed E-state index contributed by atoms with van der Waals surface area (Å²) in [5, 5.41) is 0. The highest BCUT2D eigenvalue weighted by molar-refractivity contribution is 6.10. The molecule has 2 aromatic carbocycles. The quantitative estimate of drug-likeness (QED) is 0.552. The van der Waals surface area contributed by atoms with E-state index >= 15 is 0 Å². The Hall–Kier alpha value is -2.89. The van der Waals surface area contributed by atoms with E-state index in [9.17, 15) is 14.0 Å². The van der Waals surface area contributed by atoms with E-state index in [4.69, 9.17) is 10.2 Å². The van der Waals surface area contributed by atoms with Crippen molar-refractivity contribution in [3.63, 3.8) is 0 Å². The van der Waals surface area contributed by atoms with Crippen LogP contribution in [0.15, 0.2) is 45.6 Å². The number of benzene rings is 2. The first kappa shape index (κ1) is 12.2. The predicted octanol–water partition coefficient (Wildman–Crippen LogP) is 2.07. The Morgan fingerprint density at radius 1 is 1.15 bits per heavy atom. The van der Waals surface area contributed by atoms with Crippen LogP contribution < -0.4 is 11.5 Å². The first-order valence-electron chi connectivity index (χ1n) is 5.77. The number of nitrogens with one attached hydrogen (secondary N) is 1. The van der Waals surface area contributed by atoms with Crippen LogP contribution in [0.2, 0.25) is 0 Å². The van der Waals surface area contributed by atoms with Gasteiger partial charge in [0, 0.05) is 11.1 Å². The van der Waals surface area contributed by atoms with Gasteiger partial charge in [0.2, 0.25) is 0 Å². The van der Waals surface area contributed by atoms with Crippen molar-refractivity contribution in [1.82, 2.24) is 4.98 Å². The Morgan fingerprint density at radius 2 is 1.85 bits per heavy atom. The number of carbonyl (C=O) groups is 1. The number of oxazole rings is 1. The molecule has 0 fully saturated rings. The van der Waals surface area contributed by atoms with E-state index in [1.54, 1.807) is 6.07 Å². The molecule has 100 valence electrons. The Balaban J connectivity index is 2.07. The van der Waals surface area contributed by atoms with Gasteiger partial charge in [-0.15, -0.1) is 0 Å². The number of hydrogen-bond donors (Lipinski definition) is 2. The predicted molar refractivity (Wildman–Crippen MR) is 71.1 cm³/mol. The van der Waals surface area contributed by atoms with E-state index in [1.807, 2.05) is 0 Å². The fraction of sp³-hybridized carbons (Fsp3) is 0. The third-order valence-electron chi connectivity index (χ3n) is 2.95. The molecule has 0 amide bonds.